The average molecular weight is 372 g/mol. The summed E-state index contributed by atoms with van der Waals surface area (Å²) in [5.74, 6) is 0.154. The molecule has 2 heterocycles. The fraction of sp³-hybridized carbons (Fsp3) is 0.143. The summed E-state index contributed by atoms with van der Waals surface area (Å²) in [6.07, 6.45) is -4.70. The molecule has 0 aliphatic heterocycles. The number of benzene rings is 1. The lowest BCUT2D eigenvalue weighted by Crippen LogP contribution is -2.16. The van der Waals surface area contributed by atoms with Crippen molar-refractivity contribution >= 4 is 45.1 Å². The summed E-state index contributed by atoms with van der Waals surface area (Å²) in [5, 5.41) is 0.744. The summed E-state index contributed by atoms with van der Waals surface area (Å²) in [5.41, 5.74) is 12.4. The number of anilines is 2. The SMILES string of the molecule is Cc1c(Sc2ccc(OC(F)(F)F)cc2)sc2nc(N)nc(N)c12. The fourth-order valence-electron chi connectivity index (χ4n) is 2.08. The average Bonchev–Trinajstić information content (AvgIpc) is 2.76. The summed E-state index contributed by atoms with van der Waals surface area (Å²) >= 11 is 2.80. The van der Waals surface area contributed by atoms with Gasteiger partial charge < -0.3 is 16.2 Å². The first-order valence-corrected chi connectivity index (χ1v) is 8.22. The quantitative estimate of drug-likeness (QED) is 0.716. The van der Waals surface area contributed by atoms with E-state index >= 15 is 0 Å². The number of hydrogen-bond donors (Lipinski definition) is 2. The molecule has 1 aromatic carbocycles. The zero-order valence-electron chi connectivity index (χ0n) is 12.2. The topological polar surface area (TPSA) is 87.0 Å². The molecule has 0 spiro atoms. The van der Waals surface area contributed by atoms with Crippen LogP contribution in [-0.4, -0.2) is 16.3 Å². The van der Waals surface area contributed by atoms with Crippen LogP contribution in [0.4, 0.5) is 24.9 Å². The van der Waals surface area contributed by atoms with E-state index in [4.69, 9.17) is 11.5 Å². The van der Waals surface area contributed by atoms with Gasteiger partial charge in [-0.1, -0.05) is 11.8 Å². The normalized spacial score (nSPS) is 11.8. The zero-order chi connectivity index (χ0) is 17.5. The maximum Gasteiger partial charge on any atom is 0.573 e. The number of aryl methyl sites for hydroxylation is 1. The van der Waals surface area contributed by atoms with E-state index < -0.39 is 6.36 Å². The number of thiophene rings is 1. The molecule has 0 bridgehead atoms. The first-order valence-electron chi connectivity index (χ1n) is 6.58. The van der Waals surface area contributed by atoms with Gasteiger partial charge in [-0.3, -0.25) is 0 Å². The second-order valence-corrected chi connectivity index (χ2v) is 7.12. The molecule has 126 valence electrons. The van der Waals surface area contributed by atoms with Crippen LogP contribution in [0.15, 0.2) is 33.4 Å². The number of halogens is 3. The summed E-state index contributed by atoms with van der Waals surface area (Å²) < 4.78 is 41.3. The Hall–Kier alpha value is -2.20. The van der Waals surface area contributed by atoms with Gasteiger partial charge in [0.25, 0.3) is 0 Å². The summed E-state index contributed by atoms with van der Waals surface area (Å²) in [7, 11) is 0. The third kappa shape index (κ3) is 3.49. The summed E-state index contributed by atoms with van der Waals surface area (Å²) in [6, 6.07) is 5.65. The number of ether oxygens (including phenoxy) is 1. The molecule has 24 heavy (non-hydrogen) atoms. The second kappa shape index (κ2) is 6.02. The molecule has 0 aliphatic carbocycles. The van der Waals surface area contributed by atoms with E-state index in [9.17, 15) is 13.2 Å². The van der Waals surface area contributed by atoms with E-state index in [-0.39, 0.29) is 11.7 Å². The lowest BCUT2D eigenvalue weighted by atomic mass is 10.2. The maximum absolute atomic E-state index is 12.2. The molecule has 0 unspecified atom stereocenters. The molecular weight excluding hydrogens is 361 g/mol. The van der Waals surface area contributed by atoms with E-state index in [1.165, 1.54) is 35.2 Å². The maximum atomic E-state index is 12.2. The Morgan fingerprint density at radius 3 is 2.42 bits per heavy atom. The van der Waals surface area contributed by atoms with Gasteiger partial charge in [0, 0.05) is 4.90 Å². The highest BCUT2D eigenvalue weighted by atomic mass is 32.2. The van der Waals surface area contributed by atoms with Crippen molar-refractivity contribution in [3.05, 3.63) is 29.8 Å². The highest BCUT2D eigenvalue weighted by Gasteiger charge is 2.31. The molecule has 0 saturated heterocycles. The third-order valence-corrected chi connectivity index (χ3v) is 5.54. The largest absolute Gasteiger partial charge is 0.573 e. The molecule has 4 N–H and O–H groups in total. The predicted octanol–water partition coefficient (Wildman–Crippen LogP) is 4.21. The van der Waals surface area contributed by atoms with Gasteiger partial charge in [-0.25, -0.2) is 4.98 Å². The van der Waals surface area contributed by atoms with Crippen LogP contribution in [0.1, 0.15) is 5.56 Å². The van der Waals surface area contributed by atoms with Gasteiger partial charge in [-0.2, -0.15) is 4.98 Å². The first-order chi connectivity index (χ1) is 11.2. The Kier molecular flexibility index (Phi) is 4.18. The number of nitrogens with two attached hydrogens (primary N) is 2. The van der Waals surface area contributed by atoms with Crippen molar-refractivity contribution in [1.29, 1.82) is 0 Å². The van der Waals surface area contributed by atoms with Crippen LogP contribution in [0.2, 0.25) is 0 Å². The van der Waals surface area contributed by atoms with E-state index in [0.717, 1.165) is 20.1 Å². The molecule has 0 aliphatic rings. The van der Waals surface area contributed by atoms with Gasteiger partial charge in [-0.05, 0) is 36.8 Å². The molecule has 2 aromatic heterocycles. The minimum absolute atomic E-state index is 0.103. The van der Waals surface area contributed by atoms with Crippen molar-refractivity contribution < 1.29 is 17.9 Å². The van der Waals surface area contributed by atoms with Gasteiger partial charge in [0.05, 0.1) is 9.60 Å². The van der Waals surface area contributed by atoms with Crippen molar-refractivity contribution in [2.24, 2.45) is 0 Å². The van der Waals surface area contributed by atoms with Crippen LogP contribution in [-0.2, 0) is 0 Å². The monoisotopic (exact) mass is 372 g/mol. The molecule has 3 rings (SSSR count). The third-order valence-electron chi connectivity index (χ3n) is 3.06. The van der Waals surface area contributed by atoms with Gasteiger partial charge in [0.2, 0.25) is 5.95 Å². The van der Waals surface area contributed by atoms with E-state index in [2.05, 4.69) is 14.7 Å². The molecule has 0 radical (unpaired) electrons. The van der Waals surface area contributed by atoms with Gasteiger partial charge >= 0.3 is 6.36 Å². The van der Waals surface area contributed by atoms with Crippen LogP contribution in [0.5, 0.6) is 5.75 Å². The Morgan fingerprint density at radius 1 is 1.12 bits per heavy atom. The van der Waals surface area contributed by atoms with Gasteiger partial charge in [0.15, 0.2) is 0 Å². The van der Waals surface area contributed by atoms with Crippen LogP contribution >= 0.6 is 23.1 Å². The number of alkyl halides is 3. The van der Waals surface area contributed by atoms with Gasteiger partial charge in [-0.15, -0.1) is 24.5 Å². The molecular formula is C14H11F3N4OS2. The number of fused-ring (bicyclic) bond motifs is 1. The Bertz CT molecular complexity index is 894. The number of nitrogen functional groups attached to an aromatic ring is 2. The van der Waals surface area contributed by atoms with Crippen LogP contribution in [0.25, 0.3) is 10.2 Å². The van der Waals surface area contributed by atoms with Crippen molar-refractivity contribution in [2.45, 2.75) is 22.4 Å². The first kappa shape index (κ1) is 16.7. The summed E-state index contributed by atoms with van der Waals surface area (Å²) in [6.45, 7) is 1.89. The number of rotatable bonds is 3. The second-order valence-electron chi connectivity index (χ2n) is 4.78. The van der Waals surface area contributed by atoms with Crippen LogP contribution in [0, 0.1) is 6.92 Å². The van der Waals surface area contributed by atoms with E-state index in [1.807, 2.05) is 6.92 Å². The van der Waals surface area contributed by atoms with Crippen LogP contribution < -0.4 is 16.2 Å². The Balaban J connectivity index is 1.87. The number of hydrogen-bond acceptors (Lipinski definition) is 7. The van der Waals surface area contributed by atoms with Crippen molar-refractivity contribution in [3.63, 3.8) is 0 Å². The zero-order valence-corrected chi connectivity index (χ0v) is 13.9. The predicted molar refractivity (Wildman–Crippen MR) is 88.2 cm³/mol. The van der Waals surface area contributed by atoms with Crippen LogP contribution in [0.3, 0.4) is 0 Å². The highest BCUT2D eigenvalue weighted by Crippen LogP contribution is 2.42. The molecule has 0 atom stereocenters. The lowest BCUT2D eigenvalue weighted by Gasteiger charge is -2.09. The molecule has 0 amide bonds. The lowest BCUT2D eigenvalue weighted by molar-refractivity contribution is -0.274. The molecule has 3 aromatic rings. The smallest absolute Gasteiger partial charge is 0.406 e. The molecule has 0 fully saturated rings. The fourth-order valence-corrected chi connectivity index (χ4v) is 4.44. The number of aromatic nitrogens is 2. The van der Waals surface area contributed by atoms with E-state index in [0.29, 0.717) is 10.6 Å². The minimum atomic E-state index is -4.70. The standard InChI is InChI=1S/C14H11F3N4OS2/c1-6-9-10(18)20-13(19)21-11(9)24-12(6)23-8-4-2-7(3-5-8)22-14(15,16)17/h2-5H,1H3,(H4,18,19,20,21). The van der Waals surface area contributed by atoms with Crippen molar-refractivity contribution in [2.75, 3.05) is 11.5 Å². The van der Waals surface area contributed by atoms with Crippen molar-refractivity contribution in [1.82, 2.24) is 9.97 Å². The minimum Gasteiger partial charge on any atom is -0.406 e. The Labute approximate surface area is 142 Å². The number of nitrogens with zero attached hydrogens (tertiary/aromatic N) is 2. The summed E-state index contributed by atoms with van der Waals surface area (Å²) in [4.78, 5) is 9.55. The van der Waals surface area contributed by atoms with Crippen molar-refractivity contribution in [3.8, 4) is 5.75 Å². The highest BCUT2D eigenvalue weighted by molar-refractivity contribution is 8.01. The van der Waals surface area contributed by atoms with E-state index in [1.54, 1.807) is 12.1 Å². The van der Waals surface area contributed by atoms with Gasteiger partial charge in [0.1, 0.15) is 16.4 Å². The Morgan fingerprint density at radius 2 is 1.79 bits per heavy atom. The molecule has 0 saturated carbocycles. The molecule has 10 heteroatoms. The molecule has 5 nitrogen and oxygen atoms in total.